The smallest absolute Gasteiger partial charge is 0.105 e. The lowest BCUT2D eigenvalue weighted by Crippen LogP contribution is -2.77. The summed E-state index contributed by atoms with van der Waals surface area (Å²) in [6.07, 6.45) is 2.12. The van der Waals surface area contributed by atoms with Gasteiger partial charge >= 0.3 is 0 Å². The van der Waals surface area contributed by atoms with E-state index in [4.69, 9.17) is 16.7 Å². The average Bonchev–Trinajstić information content (AvgIpc) is 2.94. The van der Waals surface area contributed by atoms with Gasteiger partial charge in [-0.15, -0.1) is 0 Å². The molecule has 0 aliphatic carbocycles. The van der Waals surface area contributed by atoms with Crippen LogP contribution < -0.4 is 5.32 Å². The molecule has 3 rings (SSSR count). The molecule has 3 aromatic rings. The first-order valence-electron chi connectivity index (χ1n) is 7.41. The van der Waals surface area contributed by atoms with Gasteiger partial charge in [0.25, 0.3) is 0 Å². The van der Waals surface area contributed by atoms with Crippen LogP contribution in [0.4, 0.5) is 0 Å². The Hall–Kier alpha value is -2.10. The molecule has 0 unspecified atom stereocenters. The monoisotopic (exact) mass is 312 g/mol. The summed E-state index contributed by atoms with van der Waals surface area (Å²) in [5, 5.41) is 7.71. The van der Waals surface area contributed by atoms with Crippen LogP contribution in [0.25, 0.3) is 11.3 Å². The Balaban J connectivity index is 1.95. The topological polar surface area (TPSA) is 34.4 Å². The van der Waals surface area contributed by atoms with E-state index in [9.17, 15) is 0 Å². The number of nitrogens with zero attached hydrogens (tertiary/aromatic N) is 2. The third-order valence-corrected chi connectivity index (χ3v) is 3.97. The highest BCUT2D eigenvalue weighted by Crippen LogP contribution is 2.23. The van der Waals surface area contributed by atoms with E-state index in [1.54, 1.807) is 0 Å². The van der Waals surface area contributed by atoms with Crippen LogP contribution in [0, 0.1) is 0 Å². The van der Waals surface area contributed by atoms with E-state index >= 15 is 0 Å². The van der Waals surface area contributed by atoms with Crippen LogP contribution in [0.2, 0.25) is 5.02 Å². The van der Waals surface area contributed by atoms with Crippen LogP contribution in [0.3, 0.4) is 0 Å². The van der Waals surface area contributed by atoms with Gasteiger partial charge in [-0.3, -0.25) is 4.68 Å². The van der Waals surface area contributed by atoms with Gasteiger partial charge in [0, 0.05) is 16.8 Å². The molecule has 22 heavy (non-hydrogen) atoms. The normalized spacial score (nSPS) is 10.8. The molecule has 2 N–H and O–H groups in total. The van der Waals surface area contributed by atoms with Crippen LogP contribution >= 0.6 is 11.6 Å². The molecule has 0 atom stereocenters. The number of hydrogen-bond donors (Lipinski definition) is 1. The number of benzene rings is 2. The minimum atomic E-state index is 0.684. The standard InChI is InChI=1S/C18H18ClN3/c1-20-11-16-13-22(12-15-9-5-6-10-17(15)19)21-18(16)14-7-3-2-4-8-14/h2-10,13,20H,11-12H2,1H3/p+1. The van der Waals surface area contributed by atoms with E-state index in [0.29, 0.717) is 6.54 Å². The molecule has 0 spiro atoms. The van der Waals surface area contributed by atoms with E-state index in [0.717, 1.165) is 28.4 Å². The summed E-state index contributed by atoms with van der Waals surface area (Å²) in [7, 11) is 2.07. The van der Waals surface area contributed by atoms with Crippen molar-refractivity contribution in [1.29, 1.82) is 0 Å². The lowest BCUT2D eigenvalue weighted by molar-refractivity contribution is -0.643. The van der Waals surface area contributed by atoms with Crippen LogP contribution in [0.1, 0.15) is 11.1 Å². The third-order valence-electron chi connectivity index (χ3n) is 3.60. The van der Waals surface area contributed by atoms with Crippen LogP contribution in [0.15, 0.2) is 60.8 Å². The van der Waals surface area contributed by atoms with Crippen molar-refractivity contribution in [1.82, 2.24) is 9.78 Å². The van der Waals surface area contributed by atoms with E-state index in [2.05, 4.69) is 30.7 Å². The number of quaternary nitrogens is 1. The maximum Gasteiger partial charge on any atom is 0.105 e. The molecule has 0 saturated heterocycles. The average molecular weight is 313 g/mol. The van der Waals surface area contributed by atoms with Crippen molar-refractivity contribution in [3.63, 3.8) is 0 Å². The first-order chi connectivity index (χ1) is 10.8. The molecule has 3 nitrogen and oxygen atoms in total. The fourth-order valence-electron chi connectivity index (χ4n) is 2.55. The predicted molar refractivity (Wildman–Crippen MR) is 89.8 cm³/mol. The highest BCUT2D eigenvalue weighted by atomic mass is 35.5. The van der Waals surface area contributed by atoms with Crippen molar-refractivity contribution in [3.8, 4) is 11.3 Å². The van der Waals surface area contributed by atoms with Crippen molar-refractivity contribution in [2.24, 2.45) is 0 Å². The van der Waals surface area contributed by atoms with Crippen LogP contribution in [0.5, 0.6) is 0 Å². The lowest BCUT2D eigenvalue weighted by Gasteiger charge is -2.04. The van der Waals surface area contributed by atoms with Gasteiger partial charge in [0.2, 0.25) is 0 Å². The zero-order valence-electron chi connectivity index (χ0n) is 12.5. The zero-order valence-corrected chi connectivity index (χ0v) is 13.3. The minimum Gasteiger partial charge on any atom is -0.345 e. The lowest BCUT2D eigenvalue weighted by atomic mass is 10.1. The van der Waals surface area contributed by atoms with Gasteiger partial charge in [-0.25, -0.2) is 0 Å². The summed E-state index contributed by atoms with van der Waals surface area (Å²) in [6.45, 7) is 1.59. The second-order valence-electron chi connectivity index (χ2n) is 5.27. The minimum absolute atomic E-state index is 0.684. The summed E-state index contributed by atoms with van der Waals surface area (Å²) >= 11 is 6.25. The van der Waals surface area contributed by atoms with E-state index < -0.39 is 0 Å². The Morgan fingerprint density at radius 1 is 1.00 bits per heavy atom. The largest absolute Gasteiger partial charge is 0.345 e. The SMILES string of the molecule is C[NH2+]Cc1cn(Cc2ccccc2Cl)nc1-c1ccccc1. The fourth-order valence-corrected chi connectivity index (χ4v) is 2.75. The molecule has 112 valence electrons. The Morgan fingerprint density at radius 2 is 1.73 bits per heavy atom. The predicted octanol–water partition coefficient (Wildman–Crippen LogP) is 2.95. The van der Waals surface area contributed by atoms with Crippen molar-refractivity contribution >= 4 is 11.6 Å². The summed E-state index contributed by atoms with van der Waals surface area (Å²) in [5.41, 5.74) is 4.52. The maximum atomic E-state index is 6.25. The van der Waals surface area contributed by atoms with Crippen molar-refractivity contribution in [2.75, 3.05) is 7.05 Å². The van der Waals surface area contributed by atoms with Gasteiger partial charge in [0.05, 0.1) is 19.2 Å². The van der Waals surface area contributed by atoms with Gasteiger partial charge in [0.15, 0.2) is 0 Å². The van der Waals surface area contributed by atoms with E-state index in [-0.39, 0.29) is 0 Å². The molecule has 0 fully saturated rings. The summed E-state index contributed by atoms with van der Waals surface area (Å²) in [4.78, 5) is 0. The number of aromatic nitrogens is 2. The van der Waals surface area contributed by atoms with Crippen LogP contribution in [-0.2, 0) is 13.1 Å². The summed E-state index contributed by atoms with van der Waals surface area (Å²) < 4.78 is 1.97. The second-order valence-corrected chi connectivity index (χ2v) is 5.68. The molecule has 2 aromatic carbocycles. The van der Waals surface area contributed by atoms with Gasteiger partial charge in [-0.1, -0.05) is 60.1 Å². The summed E-state index contributed by atoms with van der Waals surface area (Å²) in [5.74, 6) is 0. The molecule has 0 aliphatic rings. The first-order valence-corrected chi connectivity index (χ1v) is 7.78. The number of nitrogens with two attached hydrogens (primary N) is 1. The third kappa shape index (κ3) is 3.21. The fraction of sp³-hybridized carbons (Fsp3) is 0.167. The molecule has 0 aliphatic heterocycles. The van der Waals surface area contributed by atoms with Crippen molar-refractivity contribution in [3.05, 3.63) is 76.9 Å². The molecule has 0 bridgehead atoms. The molecular formula is C18H19ClN3+. The van der Waals surface area contributed by atoms with Gasteiger partial charge in [0.1, 0.15) is 12.2 Å². The quantitative estimate of drug-likeness (QED) is 0.772. The molecule has 0 saturated carbocycles. The molecule has 1 aromatic heterocycles. The number of halogens is 1. The van der Waals surface area contributed by atoms with E-state index in [1.807, 2.05) is 47.1 Å². The number of rotatable bonds is 5. The molecule has 0 radical (unpaired) electrons. The van der Waals surface area contributed by atoms with E-state index in [1.165, 1.54) is 5.56 Å². The van der Waals surface area contributed by atoms with Crippen LogP contribution in [-0.4, -0.2) is 16.8 Å². The van der Waals surface area contributed by atoms with Gasteiger partial charge in [-0.2, -0.15) is 5.10 Å². The Labute approximate surface area is 135 Å². The Bertz CT molecular complexity index is 750. The Morgan fingerprint density at radius 3 is 2.45 bits per heavy atom. The Kier molecular flexibility index (Phi) is 4.56. The molecule has 0 amide bonds. The number of hydrogen-bond acceptors (Lipinski definition) is 1. The maximum absolute atomic E-state index is 6.25. The van der Waals surface area contributed by atoms with Crippen molar-refractivity contribution in [2.45, 2.75) is 13.1 Å². The second kappa shape index (κ2) is 6.77. The van der Waals surface area contributed by atoms with Gasteiger partial charge in [-0.05, 0) is 11.6 Å². The highest BCUT2D eigenvalue weighted by molar-refractivity contribution is 6.31. The van der Waals surface area contributed by atoms with Gasteiger partial charge < -0.3 is 5.32 Å². The first kappa shape index (κ1) is 14.8. The molecule has 1 heterocycles. The highest BCUT2D eigenvalue weighted by Gasteiger charge is 2.12. The molecule has 4 heteroatoms. The molecular weight excluding hydrogens is 294 g/mol. The van der Waals surface area contributed by atoms with Crippen molar-refractivity contribution < 1.29 is 5.32 Å². The zero-order chi connectivity index (χ0) is 15.4. The summed E-state index contributed by atoms with van der Waals surface area (Å²) in [6, 6.07) is 18.2.